The van der Waals surface area contributed by atoms with E-state index in [0.717, 1.165) is 18.4 Å². The summed E-state index contributed by atoms with van der Waals surface area (Å²) in [6, 6.07) is 0. The maximum atomic E-state index is 13.1. The van der Waals surface area contributed by atoms with E-state index in [2.05, 4.69) is 28.0 Å². The Morgan fingerprint density at radius 2 is 2.30 bits per heavy atom. The Bertz CT molecular complexity index is 424. The van der Waals surface area contributed by atoms with Crippen LogP contribution in [0.15, 0.2) is 11.6 Å². The minimum absolute atomic E-state index is 0.132. The van der Waals surface area contributed by atoms with Gasteiger partial charge >= 0.3 is 11.2 Å². The lowest BCUT2D eigenvalue weighted by atomic mass is 9.49. The van der Waals surface area contributed by atoms with Gasteiger partial charge in [0.2, 0.25) is 0 Å². The molecule has 0 aliphatic heterocycles. The maximum Gasteiger partial charge on any atom is 0.415 e. The molecule has 0 N–H and O–H groups in total. The van der Waals surface area contributed by atoms with Crippen LogP contribution in [-0.2, 0) is 18.9 Å². The van der Waals surface area contributed by atoms with E-state index in [1.54, 1.807) is 0 Å². The van der Waals surface area contributed by atoms with Crippen molar-refractivity contribution in [3.63, 3.8) is 0 Å². The number of esters is 1. The first-order chi connectivity index (χ1) is 9.29. The van der Waals surface area contributed by atoms with Crippen molar-refractivity contribution in [1.29, 1.82) is 0 Å². The predicted octanol–water partition coefficient (Wildman–Crippen LogP) is 1.99. The molecule has 2 atom stereocenters. The Morgan fingerprint density at radius 3 is 2.85 bits per heavy atom. The molecule has 8 heteroatoms. The smallest absolute Gasteiger partial charge is 0.415 e. The van der Waals surface area contributed by atoms with E-state index in [9.17, 15) is 18.8 Å². The zero-order chi connectivity index (χ0) is 15.0. The molecule has 1 fully saturated rings. The molecule has 3 aliphatic rings. The first-order valence-electron chi connectivity index (χ1n) is 6.17. The van der Waals surface area contributed by atoms with Crippen LogP contribution < -0.4 is 5.26 Å². The monoisotopic (exact) mass is 309 g/mol. The fourth-order valence-electron chi connectivity index (χ4n) is 2.96. The van der Waals surface area contributed by atoms with Crippen LogP contribution in [0.1, 0.15) is 26.7 Å². The molecule has 5 nitrogen and oxygen atoms in total. The van der Waals surface area contributed by atoms with Crippen LogP contribution in [0.25, 0.3) is 0 Å². The molecule has 0 aromatic heterocycles. The van der Waals surface area contributed by atoms with E-state index in [0.29, 0.717) is 5.92 Å². The molecule has 2 bridgehead atoms. The molecule has 0 saturated heterocycles. The normalized spacial score (nSPS) is 27.6. The summed E-state index contributed by atoms with van der Waals surface area (Å²) < 4.78 is 34.4. The van der Waals surface area contributed by atoms with E-state index in [1.807, 2.05) is 6.08 Å². The summed E-state index contributed by atoms with van der Waals surface area (Å²) in [5, 5.41) is 8.30. The minimum atomic E-state index is -3.97. The maximum absolute atomic E-state index is 13.1. The summed E-state index contributed by atoms with van der Waals surface area (Å²) in [6.45, 7) is 4.10. The Kier molecular flexibility index (Phi) is 4.38. The van der Waals surface area contributed by atoms with Gasteiger partial charge < -0.3 is 9.99 Å². The van der Waals surface area contributed by atoms with Crippen molar-refractivity contribution in [2.75, 3.05) is 6.61 Å². The number of allylic oxidation sites excluding steroid dienone is 1. The van der Waals surface area contributed by atoms with Gasteiger partial charge in [-0.2, -0.15) is 13.1 Å². The molecule has 0 aromatic rings. The summed E-state index contributed by atoms with van der Waals surface area (Å²) in [7, 11) is 0. The highest BCUT2D eigenvalue weighted by atomic mass is 32.2. The number of hydrogen-bond acceptors (Lipinski definition) is 6. The van der Waals surface area contributed by atoms with Crippen LogP contribution in [0.3, 0.4) is 0 Å². The Hall–Kier alpha value is -0.700. The van der Waals surface area contributed by atoms with Gasteiger partial charge in [0.15, 0.2) is 0 Å². The zero-order valence-electron chi connectivity index (χ0n) is 11.1. The highest BCUT2D eigenvalue weighted by molar-refractivity contribution is 7.96. The van der Waals surface area contributed by atoms with Crippen molar-refractivity contribution in [3.05, 3.63) is 11.6 Å². The summed E-state index contributed by atoms with van der Waals surface area (Å²) in [5.41, 5.74) is 1.01. The standard InChI is InChI=1S/C12H16F2O5S/c1-11(2)8-4-3-7(9(11)5-8)6-17-10(15)12(13,14)20-19-18-16/h3,8-9,16H,4-6H2,1-2H3/p-1. The van der Waals surface area contributed by atoms with E-state index >= 15 is 0 Å². The van der Waals surface area contributed by atoms with Crippen LogP contribution in [0, 0.1) is 17.3 Å². The molecule has 0 amide bonds. The van der Waals surface area contributed by atoms with Crippen molar-refractivity contribution in [2.24, 2.45) is 17.3 Å². The van der Waals surface area contributed by atoms with Gasteiger partial charge in [0.05, 0.1) is 0 Å². The van der Waals surface area contributed by atoms with Crippen LogP contribution in [0.4, 0.5) is 8.78 Å². The van der Waals surface area contributed by atoms with Crippen molar-refractivity contribution in [2.45, 2.75) is 31.9 Å². The number of alkyl halides is 2. The molecule has 0 aromatic carbocycles. The molecule has 0 radical (unpaired) electrons. The highest BCUT2D eigenvalue weighted by Gasteiger charge is 2.51. The molecule has 0 heterocycles. The van der Waals surface area contributed by atoms with Gasteiger partial charge in [0.25, 0.3) is 0 Å². The number of ether oxygens (including phenoxy) is 1. The fraction of sp³-hybridized carbons (Fsp3) is 0.750. The Labute approximate surface area is 119 Å². The second kappa shape index (κ2) is 5.59. The van der Waals surface area contributed by atoms with Crippen molar-refractivity contribution >= 4 is 18.0 Å². The van der Waals surface area contributed by atoms with Crippen molar-refractivity contribution < 1.29 is 32.9 Å². The molecule has 20 heavy (non-hydrogen) atoms. The molecule has 114 valence electrons. The van der Waals surface area contributed by atoms with Crippen LogP contribution >= 0.6 is 12.0 Å². The van der Waals surface area contributed by atoms with Crippen molar-refractivity contribution in [1.82, 2.24) is 0 Å². The molecule has 1 saturated carbocycles. The second-order valence-corrected chi connectivity index (χ2v) is 6.45. The lowest BCUT2D eigenvalue weighted by Crippen LogP contribution is -2.49. The minimum Gasteiger partial charge on any atom is -0.691 e. The third-order valence-corrected chi connectivity index (χ3v) is 4.86. The summed E-state index contributed by atoms with van der Waals surface area (Å²) in [5.74, 6) is -0.859. The zero-order valence-corrected chi connectivity index (χ0v) is 11.9. The Morgan fingerprint density at radius 1 is 1.60 bits per heavy atom. The Balaban J connectivity index is 1.87. The fourth-order valence-corrected chi connectivity index (χ4v) is 3.20. The largest absolute Gasteiger partial charge is 0.691 e. The SMILES string of the molecule is CC1(C)C2CC=C(COC(=O)C(F)(F)SOO[O-])C1C2. The molecular formula is C12H15F2O5S-. The van der Waals surface area contributed by atoms with Crippen LogP contribution in [0.5, 0.6) is 0 Å². The van der Waals surface area contributed by atoms with E-state index in [4.69, 9.17) is 0 Å². The highest BCUT2D eigenvalue weighted by Crippen LogP contribution is 2.59. The molecule has 3 rings (SSSR count). The predicted molar refractivity (Wildman–Crippen MR) is 63.7 cm³/mol. The molecule has 0 spiro atoms. The lowest BCUT2D eigenvalue weighted by Gasteiger charge is -2.56. The van der Waals surface area contributed by atoms with Gasteiger partial charge in [-0.15, -0.1) is 0 Å². The van der Waals surface area contributed by atoms with Crippen LogP contribution in [0.2, 0.25) is 0 Å². The average Bonchev–Trinajstić information content (AvgIpc) is 2.42. The van der Waals surface area contributed by atoms with Gasteiger partial charge in [-0.3, -0.25) is 5.04 Å². The number of hydrogen-bond donors (Lipinski definition) is 0. The van der Waals surface area contributed by atoms with Gasteiger partial charge in [0, 0.05) is 0 Å². The number of fused-ring (bicyclic) bond motifs is 1. The van der Waals surface area contributed by atoms with Gasteiger partial charge in [-0.25, -0.2) is 4.79 Å². The first-order valence-corrected chi connectivity index (χ1v) is 6.91. The van der Waals surface area contributed by atoms with Gasteiger partial charge in [0.1, 0.15) is 18.6 Å². The summed E-state index contributed by atoms with van der Waals surface area (Å²) in [6.07, 6.45) is 3.85. The van der Waals surface area contributed by atoms with Gasteiger partial charge in [-0.05, 0) is 35.7 Å². The summed E-state index contributed by atoms with van der Waals surface area (Å²) >= 11 is -0.678. The molecular weight excluding hydrogens is 294 g/mol. The van der Waals surface area contributed by atoms with Crippen LogP contribution in [-0.4, -0.2) is 17.8 Å². The number of carbonyl (C=O) groups excluding carboxylic acids is 1. The van der Waals surface area contributed by atoms with Gasteiger partial charge in [-0.1, -0.05) is 19.9 Å². The van der Waals surface area contributed by atoms with Crippen molar-refractivity contribution in [3.8, 4) is 0 Å². The second-order valence-electron chi connectivity index (χ2n) is 5.63. The molecule has 2 unspecified atom stereocenters. The molecule has 3 aliphatic carbocycles. The average molecular weight is 309 g/mol. The number of rotatable bonds is 6. The third kappa shape index (κ3) is 2.83. The first kappa shape index (κ1) is 15.7. The quantitative estimate of drug-likeness (QED) is 0.246. The number of halogens is 2. The van der Waals surface area contributed by atoms with E-state index < -0.39 is 23.3 Å². The van der Waals surface area contributed by atoms with E-state index in [-0.39, 0.29) is 17.9 Å². The topological polar surface area (TPSA) is 67.8 Å². The third-order valence-electron chi connectivity index (χ3n) is 4.36. The number of carbonyl (C=O) groups is 1. The van der Waals surface area contributed by atoms with E-state index in [1.165, 1.54) is 0 Å². The summed E-state index contributed by atoms with van der Waals surface area (Å²) in [4.78, 5) is 11.2. The lowest BCUT2D eigenvalue weighted by molar-refractivity contribution is -0.777.